The summed E-state index contributed by atoms with van der Waals surface area (Å²) in [5, 5.41) is 11.1. The van der Waals surface area contributed by atoms with E-state index in [1.165, 1.54) is 12.1 Å². The number of hydrogen-bond donors (Lipinski definition) is 4. The van der Waals surface area contributed by atoms with Gasteiger partial charge in [0.05, 0.1) is 36.1 Å². The number of nitrogens with zero attached hydrogens (tertiary/aromatic N) is 2. The van der Waals surface area contributed by atoms with E-state index in [1.54, 1.807) is 0 Å². The number of hydrogen-bond acceptors (Lipinski definition) is 5. The zero-order valence-electron chi connectivity index (χ0n) is 14.0. The molecule has 0 radical (unpaired) electrons. The van der Waals surface area contributed by atoms with Crippen molar-refractivity contribution in [3.05, 3.63) is 48.5 Å². The topological polar surface area (TPSA) is 166 Å². The molecule has 0 aliphatic carbocycles. The summed E-state index contributed by atoms with van der Waals surface area (Å²) in [7, 11) is -0.772. The number of benzene rings is 1. The molecule has 0 atom stereocenters. The fourth-order valence-corrected chi connectivity index (χ4v) is 3.18. The molecule has 26 heavy (non-hydrogen) atoms. The maximum atomic E-state index is 11.6. The predicted molar refractivity (Wildman–Crippen MR) is 92.7 cm³/mol. The normalized spacial score (nSPS) is 15.3. The van der Waals surface area contributed by atoms with Crippen LogP contribution in [-0.4, -0.2) is 49.3 Å². The van der Waals surface area contributed by atoms with Gasteiger partial charge in [-0.2, -0.15) is 0 Å². The van der Waals surface area contributed by atoms with Crippen LogP contribution in [0.3, 0.4) is 0 Å². The van der Waals surface area contributed by atoms with Crippen molar-refractivity contribution >= 4 is 25.0 Å². The lowest BCUT2D eigenvalue weighted by atomic mass is 10.1. The first-order valence-electron chi connectivity index (χ1n) is 7.73. The number of nitro groups is 1. The third-order valence-corrected chi connectivity index (χ3v) is 4.31. The Morgan fingerprint density at radius 1 is 1.19 bits per heavy atom. The van der Waals surface area contributed by atoms with Gasteiger partial charge in [0, 0.05) is 35.1 Å². The Kier molecular flexibility index (Phi) is 5.98. The van der Waals surface area contributed by atoms with Crippen molar-refractivity contribution in [3.63, 3.8) is 0 Å². The Labute approximate surface area is 147 Å². The van der Waals surface area contributed by atoms with E-state index in [4.69, 9.17) is 14.4 Å². The first-order chi connectivity index (χ1) is 12.1. The molecule has 12 heteroatoms. The quantitative estimate of drug-likeness (QED) is 0.196. The Balaban J connectivity index is 0.000000552. The largest absolute Gasteiger partial charge is 0.692 e. The lowest BCUT2D eigenvalue weighted by molar-refractivity contribution is -0.910. The van der Waals surface area contributed by atoms with E-state index in [-0.39, 0.29) is 5.69 Å². The van der Waals surface area contributed by atoms with E-state index in [9.17, 15) is 19.7 Å². The number of nitro benzene ring substituents is 1. The van der Waals surface area contributed by atoms with Gasteiger partial charge in [0.2, 0.25) is 0 Å². The molecule has 0 saturated carbocycles. The van der Waals surface area contributed by atoms with Crippen LogP contribution in [0.15, 0.2) is 21.7 Å². The molecule has 4 N–H and O–H groups in total. The van der Waals surface area contributed by atoms with Gasteiger partial charge in [0.15, 0.2) is 0 Å². The van der Waals surface area contributed by atoms with Gasteiger partial charge in [-0.3, -0.25) is 19.7 Å². The summed E-state index contributed by atoms with van der Waals surface area (Å²) in [4.78, 5) is 52.9. The van der Waals surface area contributed by atoms with Crippen LogP contribution in [0.25, 0.3) is 11.0 Å². The Morgan fingerprint density at radius 3 is 2.27 bits per heavy atom. The summed E-state index contributed by atoms with van der Waals surface area (Å²) in [6, 6.07) is 2.76. The van der Waals surface area contributed by atoms with E-state index in [0.717, 1.165) is 30.4 Å². The second-order valence-electron chi connectivity index (χ2n) is 6.38. The molecule has 1 fully saturated rings. The average molecular weight is 386 g/mol. The highest BCUT2D eigenvalue weighted by Crippen LogP contribution is 2.27. The third-order valence-electron chi connectivity index (χ3n) is 4.31. The lowest BCUT2D eigenvalue weighted by Gasteiger charge is -2.29. The van der Waals surface area contributed by atoms with Crippen molar-refractivity contribution in [2.24, 2.45) is 0 Å². The zero-order chi connectivity index (χ0) is 19.5. The molecule has 0 spiro atoms. The van der Waals surface area contributed by atoms with Gasteiger partial charge in [-0.15, -0.1) is 9.79 Å². The first kappa shape index (κ1) is 19.9. The Morgan fingerprint density at radius 2 is 1.73 bits per heavy atom. The number of rotatable bonds is 3. The number of quaternary nitrogens is 1. The van der Waals surface area contributed by atoms with E-state index < -0.39 is 24.3 Å². The van der Waals surface area contributed by atoms with Crippen LogP contribution in [0, 0.1) is 10.1 Å². The number of aromatic nitrogens is 2. The van der Waals surface area contributed by atoms with Crippen LogP contribution < -0.4 is 11.1 Å². The molecule has 1 saturated heterocycles. The smallest absolute Gasteiger partial charge is 0.322 e. The van der Waals surface area contributed by atoms with Gasteiger partial charge in [-0.1, -0.05) is 0 Å². The average Bonchev–Trinajstić information content (AvgIpc) is 2.94. The van der Waals surface area contributed by atoms with Crippen molar-refractivity contribution in [2.75, 3.05) is 20.1 Å². The first-order valence-corrected chi connectivity index (χ1v) is 8.90. The molecule has 11 nitrogen and oxygen atoms in total. The summed E-state index contributed by atoms with van der Waals surface area (Å²) in [5.41, 5.74) is -0.189. The number of aromatic amines is 2. The van der Waals surface area contributed by atoms with Crippen molar-refractivity contribution in [1.82, 2.24) is 9.97 Å². The number of likely N-dealkylation sites (tertiary alicyclic amines) is 1. The molecule has 140 valence electrons. The molecule has 3 rings (SSSR count). The summed E-state index contributed by atoms with van der Waals surface area (Å²) in [5.74, 6) is 0. The fraction of sp³-hybridized carbons (Fsp3) is 0.429. The number of nitrogens with one attached hydrogen (secondary N) is 2. The minimum atomic E-state index is -2.87. The summed E-state index contributed by atoms with van der Waals surface area (Å²) >= 11 is 0. The molecule has 0 amide bonds. The van der Waals surface area contributed by atoms with Crippen molar-refractivity contribution in [2.45, 2.75) is 19.4 Å². The van der Waals surface area contributed by atoms with Crippen molar-refractivity contribution in [3.8, 4) is 0 Å². The number of H-pyrrole nitrogens is 2. The molecule has 0 bridgehead atoms. The minimum absolute atomic E-state index is 0.0870. The van der Waals surface area contributed by atoms with E-state index >= 15 is 0 Å². The lowest BCUT2D eigenvalue weighted by Crippen LogP contribution is -2.40. The SMILES string of the molecule is C[N+]1(Cc2cc([N+](=O)[O-])cc3[nH]c(=O)c(=O)[nH]c23)CCCC1.O=[P+](O)O. The second kappa shape index (κ2) is 7.83. The molecular weight excluding hydrogens is 367 g/mol. The maximum absolute atomic E-state index is 11.6. The highest BCUT2D eigenvalue weighted by Gasteiger charge is 2.29. The van der Waals surface area contributed by atoms with Crippen LogP contribution in [-0.2, 0) is 11.1 Å². The summed E-state index contributed by atoms with van der Waals surface area (Å²) in [6.07, 6.45) is 2.24. The highest BCUT2D eigenvalue weighted by atomic mass is 31.1. The molecule has 2 heterocycles. The van der Waals surface area contributed by atoms with Gasteiger partial charge in [0.1, 0.15) is 6.54 Å². The Bertz CT molecular complexity index is 958. The van der Waals surface area contributed by atoms with Gasteiger partial charge >= 0.3 is 19.4 Å². The van der Waals surface area contributed by atoms with Crippen molar-refractivity contribution < 1.29 is 23.8 Å². The van der Waals surface area contributed by atoms with Crippen LogP contribution in [0.2, 0.25) is 0 Å². The third kappa shape index (κ3) is 4.79. The predicted octanol–water partition coefficient (Wildman–Crippen LogP) is 0.493. The molecule has 1 aliphatic rings. The van der Waals surface area contributed by atoms with Crippen LogP contribution in [0.5, 0.6) is 0 Å². The van der Waals surface area contributed by atoms with Gasteiger partial charge in [-0.25, -0.2) is 0 Å². The monoisotopic (exact) mass is 386 g/mol. The fourth-order valence-electron chi connectivity index (χ4n) is 3.18. The number of non-ortho nitro benzene ring substituents is 1. The van der Waals surface area contributed by atoms with Crippen molar-refractivity contribution in [1.29, 1.82) is 0 Å². The molecule has 1 aliphatic heterocycles. The van der Waals surface area contributed by atoms with Gasteiger partial charge in [0.25, 0.3) is 5.69 Å². The molecule has 0 unspecified atom stereocenters. The van der Waals surface area contributed by atoms with E-state index in [1.807, 2.05) is 0 Å². The minimum Gasteiger partial charge on any atom is -0.322 e. The zero-order valence-corrected chi connectivity index (χ0v) is 14.9. The van der Waals surface area contributed by atoms with Crippen LogP contribution in [0.4, 0.5) is 5.69 Å². The van der Waals surface area contributed by atoms with Crippen LogP contribution in [0.1, 0.15) is 18.4 Å². The van der Waals surface area contributed by atoms with Crippen LogP contribution >= 0.6 is 8.25 Å². The number of fused-ring (bicyclic) bond motifs is 1. The molecule has 2 aromatic rings. The van der Waals surface area contributed by atoms with E-state index in [2.05, 4.69) is 17.0 Å². The molecular formula is C14H19N4O7P+2. The summed E-state index contributed by atoms with van der Waals surface area (Å²) in [6.45, 7) is 2.58. The van der Waals surface area contributed by atoms with Gasteiger partial charge in [-0.05, 0) is 0 Å². The summed E-state index contributed by atoms with van der Waals surface area (Å²) < 4.78 is 9.48. The standard InChI is InChI=1S/C14H16N4O4.HO3P/c1-18(4-2-3-5-18)8-9-6-10(17(21)22)7-11-12(9)16-14(20)13(19)15-11;1-4(2)3/h6-7H,2-5,8H2,1H3,(H-,15,16,19,20);(H-,1,2,3)/p+2. The van der Waals surface area contributed by atoms with Gasteiger partial charge < -0.3 is 14.5 Å². The maximum Gasteiger partial charge on any atom is 0.692 e. The molecule has 1 aromatic carbocycles. The van der Waals surface area contributed by atoms with E-state index in [0.29, 0.717) is 23.1 Å². The Hall–Kier alpha value is -2.46. The highest BCUT2D eigenvalue weighted by molar-refractivity contribution is 7.30. The molecule has 1 aromatic heterocycles. The second-order valence-corrected chi connectivity index (χ2v) is 6.88.